The van der Waals surface area contributed by atoms with Crippen LogP contribution < -0.4 is 0 Å². The lowest BCUT2D eigenvalue weighted by Crippen LogP contribution is -2.59. The van der Waals surface area contributed by atoms with E-state index in [2.05, 4.69) is 16.0 Å². The molecule has 0 aromatic rings. The van der Waals surface area contributed by atoms with Gasteiger partial charge >= 0.3 is 10.4 Å². The molecule has 0 aromatic carbocycles. The Morgan fingerprint density at radius 1 is 1.29 bits per heavy atom. The minimum Gasteiger partial charge on any atom is -0.446 e. The van der Waals surface area contributed by atoms with E-state index < -0.39 is 66.1 Å². The van der Waals surface area contributed by atoms with Crippen molar-refractivity contribution in [2.45, 2.75) is 43.2 Å². The van der Waals surface area contributed by atoms with Gasteiger partial charge in [0.1, 0.15) is 24.4 Å². The summed E-state index contributed by atoms with van der Waals surface area (Å²) in [6.45, 7) is 2.56. The van der Waals surface area contributed by atoms with E-state index >= 15 is 0 Å². The van der Waals surface area contributed by atoms with Crippen LogP contribution in [0.1, 0.15) is 6.42 Å². The molecule has 0 spiro atoms. The lowest BCUT2D eigenvalue weighted by atomic mass is 9.99. The van der Waals surface area contributed by atoms with Gasteiger partial charge in [0.05, 0.1) is 19.1 Å². The first-order valence-electron chi connectivity index (χ1n) is 6.59. The first-order valence-corrected chi connectivity index (χ1v) is 7.96. The molecule has 0 aromatic heterocycles. The van der Waals surface area contributed by atoms with E-state index in [4.69, 9.17) is 19.1 Å². The summed E-state index contributed by atoms with van der Waals surface area (Å²) < 4.78 is 43.4. The highest BCUT2D eigenvalue weighted by Gasteiger charge is 2.45. The van der Waals surface area contributed by atoms with E-state index in [1.165, 1.54) is 0 Å². The highest BCUT2D eigenvalue weighted by Crippen LogP contribution is 2.22. The van der Waals surface area contributed by atoms with Gasteiger partial charge in [0.2, 0.25) is 12.2 Å². The lowest BCUT2D eigenvalue weighted by Gasteiger charge is -2.39. The van der Waals surface area contributed by atoms with Crippen LogP contribution in [0.25, 0.3) is 0 Å². The van der Waals surface area contributed by atoms with E-state index in [1.54, 1.807) is 0 Å². The average Bonchev–Trinajstić information content (AvgIpc) is 2.52. The highest BCUT2D eigenvalue weighted by molar-refractivity contribution is 7.80. The predicted molar refractivity (Wildman–Crippen MR) is 75.7 cm³/mol. The molecule has 0 radical (unpaired) electrons. The van der Waals surface area contributed by atoms with Gasteiger partial charge < -0.3 is 35.0 Å². The lowest BCUT2D eigenvalue weighted by molar-refractivity contribution is -0.282. The van der Waals surface area contributed by atoms with Crippen molar-refractivity contribution in [2.75, 3.05) is 6.61 Å². The van der Waals surface area contributed by atoms with Crippen LogP contribution in [-0.2, 0) is 24.2 Å². The molecular formula is C11H19NO11S. The van der Waals surface area contributed by atoms with Crippen molar-refractivity contribution in [1.29, 1.82) is 0 Å². The zero-order chi connectivity index (χ0) is 18.5. The molecule has 1 rings (SSSR count). The third-order valence-electron chi connectivity index (χ3n) is 2.99. The predicted octanol–water partition coefficient (Wildman–Crippen LogP) is -3.13. The smallest absolute Gasteiger partial charge is 0.446 e. The van der Waals surface area contributed by atoms with Crippen LogP contribution in [-0.4, -0.2) is 87.8 Å². The molecule has 1 fully saturated rings. The molecule has 1 saturated heterocycles. The Hall–Kier alpha value is -1.32. The molecule has 0 saturated carbocycles. The van der Waals surface area contributed by atoms with Crippen molar-refractivity contribution in [1.82, 2.24) is 0 Å². The second-order valence-corrected chi connectivity index (χ2v) is 5.81. The molecule has 0 unspecified atom stereocenters. The standard InChI is InChI=1S/C11H19NO11S/c1-2-5(14)3-7(12-23-24(18,19)20)22-11-10(17)9(16)8(15)6(4-13)21-11/h2,5-6,8-11,13-17H,1,3-4H2,(H,18,19,20)/b12-7-/t5-,6+,8+,9-,10+,11-/m0/s1. The first-order chi connectivity index (χ1) is 11.1. The summed E-state index contributed by atoms with van der Waals surface area (Å²) in [6, 6.07) is 0. The van der Waals surface area contributed by atoms with Gasteiger partial charge in [-0.3, -0.25) is 4.55 Å². The molecule has 6 N–H and O–H groups in total. The molecule has 140 valence electrons. The SMILES string of the molecule is C=C[C@H](O)C/C(=N/OS(=O)(=O)O)O[C@@H]1O[C@H](CO)[C@@H](O)[C@H](O)[C@H]1O. The monoisotopic (exact) mass is 373 g/mol. The number of rotatable bonds is 7. The number of nitrogens with zero attached hydrogens (tertiary/aromatic N) is 1. The van der Waals surface area contributed by atoms with Gasteiger partial charge in [0.25, 0.3) is 0 Å². The Balaban J connectivity index is 2.92. The van der Waals surface area contributed by atoms with Crippen molar-refractivity contribution in [2.24, 2.45) is 5.16 Å². The van der Waals surface area contributed by atoms with Gasteiger partial charge in [-0.25, -0.2) is 4.28 Å². The van der Waals surface area contributed by atoms with E-state index in [1.807, 2.05) is 0 Å². The van der Waals surface area contributed by atoms with Crippen LogP contribution in [0, 0.1) is 0 Å². The summed E-state index contributed by atoms with van der Waals surface area (Å²) in [5, 5.41) is 50.5. The van der Waals surface area contributed by atoms with Gasteiger partial charge in [-0.15, -0.1) is 6.58 Å². The fourth-order valence-electron chi connectivity index (χ4n) is 1.76. The highest BCUT2D eigenvalue weighted by atomic mass is 32.3. The largest absolute Gasteiger partial charge is 0.466 e. The molecule has 24 heavy (non-hydrogen) atoms. The second-order valence-electron chi connectivity index (χ2n) is 4.81. The molecule has 1 heterocycles. The summed E-state index contributed by atoms with van der Waals surface area (Å²) in [5.74, 6) is -0.635. The quantitative estimate of drug-likeness (QED) is 0.0868. The zero-order valence-electron chi connectivity index (χ0n) is 12.2. The number of hydrogen-bond acceptors (Lipinski definition) is 11. The van der Waals surface area contributed by atoms with E-state index in [-0.39, 0.29) is 0 Å². The Morgan fingerprint density at radius 2 is 1.92 bits per heavy atom. The Kier molecular flexibility index (Phi) is 7.50. The third kappa shape index (κ3) is 5.95. The Bertz CT molecular complexity index is 548. The average molecular weight is 373 g/mol. The number of aliphatic hydroxyl groups is 5. The molecule has 0 bridgehead atoms. The maximum atomic E-state index is 10.5. The van der Waals surface area contributed by atoms with E-state index in [0.29, 0.717) is 0 Å². The minimum atomic E-state index is -4.96. The van der Waals surface area contributed by atoms with Crippen LogP contribution in [0.2, 0.25) is 0 Å². The number of ether oxygens (including phenoxy) is 2. The topological polar surface area (TPSA) is 196 Å². The van der Waals surface area contributed by atoms with Crippen LogP contribution >= 0.6 is 0 Å². The Labute approximate surface area is 137 Å². The summed E-state index contributed by atoms with van der Waals surface area (Å²) in [5.41, 5.74) is 0. The molecule has 12 nitrogen and oxygen atoms in total. The van der Waals surface area contributed by atoms with Crippen LogP contribution in [0.3, 0.4) is 0 Å². The van der Waals surface area contributed by atoms with Gasteiger partial charge in [-0.05, 0) is 5.16 Å². The number of oxime groups is 1. The van der Waals surface area contributed by atoms with Crippen LogP contribution in [0.4, 0.5) is 0 Å². The molecular weight excluding hydrogens is 354 g/mol. The van der Waals surface area contributed by atoms with Crippen molar-refractivity contribution < 1.29 is 52.3 Å². The molecule has 13 heteroatoms. The normalized spacial score (nSPS) is 32.9. The van der Waals surface area contributed by atoms with Gasteiger partial charge in [-0.1, -0.05) is 6.08 Å². The van der Waals surface area contributed by atoms with Crippen molar-refractivity contribution in [3.63, 3.8) is 0 Å². The van der Waals surface area contributed by atoms with Gasteiger partial charge in [-0.2, -0.15) is 8.42 Å². The van der Waals surface area contributed by atoms with Crippen molar-refractivity contribution in [3.8, 4) is 0 Å². The van der Waals surface area contributed by atoms with Crippen molar-refractivity contribution in [3.05, 3.63) is 12.7 Å². The minimum absolute atomic E-state index is 0.478. The van der Waals surface area contributed by atoms with E-state index in [0.717, 1.165) is 6.08 Å². The first kappa shape index (κ1) is 20.7. The van der Waals surface area contributed by atoms with Crippen molar-refractivity contribution >= 4 is 16.3 Å². The maximum absolute atomic E-state index is 10.5. The fraction of sp³-hybridized carbons (Fsp3) is 0.727. The molecule has 0 aliphatic carbocycles. The second kappa shape index (κ2) is 8.68. The molecule has 0 amide bonds. The maximum Gasteiger partial charge on any atom is 0.466 e. The molecule has 1 aliphatic heterocycles. The number of aliphatic hydroxyl groups excluding tert-OH is 5. The summed E-state index contributed by atoms with van der Waals surface area (Å²) in [4.78, 5) is 0. The van der Waals surface area contributed by atoms with E-state index in [9.17, 15) is 28.8 Å². The van der Waals surface area contributed by atoms with Gasteiger partial charge in [0, 0.05) is 0 Å². The fourth-order valence-corrected chi connectivity index (χ4v) is 1.93. The summed E-state index contributed by atoms with van der Waals surface area (Å²) in [6.07, 6.45) is -8.79. The number of hydrogen-bond donors (Lipinski definition) is 6. The van der Waals surface area contributed by atoms with Gasteiger partial charge in [0.15, 0.2) is 0 Å². The van der Waals surface area contributed by atoms with Crippen LogP contribution in [0.15, 0.2) is 17.8 Å². The molecule has 6 atom stereocenters. The zero-order valence-corrected chi connectivity index (χ0v) is 13.1. The third-order valence-corrected chi connectivity index (χ3v) is 3.25. The summed E-state index contributed by atoms with van der Waals surface area (Å²) >= 11 is 0. The summed E-state index contributed by atoms with van der Waals surface area (Å²) in [7, 11) is -4.96. The Morgan fingerprint density at radius 3 is 2.42 bits per heavy atom. The molecule has 1 aliphatic rings. The van der Waals surface area contributed by atoms with Crippen LogP contribution in [0.5, 0.6) is 0 Å².